The van der Waals surface area contributed by atoms with Crippen LogP contribution in [0.15, 0.2) is 18.2 Å². The second kappa shape index (κ2) is 5.55. The van der Waals surface area contributed by atoms with Gasteiger partial charge in [-0.05, 0) is 11.6 Å². The Labute approximate surface area is 122 Å². The van der Waals surface area contributed by atoms with Crippen LogP contribution >= 0.6 is 35.6 Å². The van der Waals surface area contributed by atoms with Crippen molar-refractivity contribution in [3.05, 3.63) is 33.8 Å². The average Bonchev–Trinajstić information content (AvgIpc) is 2.26. The number of amides is 1. The van der Waals surface area contributed by atoms with Crippen LogP contribution in [0.5, 0.6) is 0 Å². The highest BCUT2D eigenvalue weighted by Gasteiger charge is 2.39. The third-order valence-electron chi connectivity index (χ3n) is 2.91. The minimum absolute atomic E-state index is 0. The Morgan fingerprint density at radius 3 is 2.72 bits per heavy atom. The highest BCUT2D eigenvalue weighted by Crippen LogP contribution is 2.40. The summed E-state index contributed by atoms with van der Waals surface area (Å²) >= 11 is 12.2. The molecule has 1 aromatic rings. The lowest BCUT2D eigenvalue weighted by atomic mass is 9.80. The minimum Gasteiger partial charge on any atom is -0.449 e. The van der Waals surface area contributed by atoms with Crippen molar-refractivity contribution in [3.63, 3.8) is 0 Å². The summed E-state index contributed by atoms with van der Waals surface area (Å²) in [6.45, 7) is 4.37. The molecule has 6 heteroatoms. The van der Waals surface area contributed by atoms with Gasteiger partial charge in [0.2, 0.25) is 0 Å². The van der Waals surface area contributed by atoms with E-state index in [4.69, 9.17) is 27.9 Å². The smallest absolute Gasteiger partial charge is 0.407 e. The van der Waals surface area contributed by atoms with Crippen LogP contribution in [0.1, 0.15) is 25.5 Å². The minimum atomic E-state index is -0.426. The van der Waals surface area contributed by atoms with Gasteiger partial charge in [0.25, 0.3) is 0 Å². The lowest BCUT2D eigenvalue weighted by Gasteiger charge is -2.38. The topological polar surface area (TPSA) is 38.3 Å². The van der Waals surface area contributed by atoms with E-state index in [1.54, 1.807) is 6.07 Å². The van der Waals surface area contributed by atoms with Gasteiger partial charge in [-0.1, -0.05) is 49.2 Å². The first-order valence-corrected chi connectivity index (χ1v) is 6.04. The van der Waals surface area contributed by atoms with Crippen molar-refractivity contribution in [2.75, 3.05) is 6.61 Å². The van der Waals surface area contributed by atoms with E-state index in [2.05, 4.69) is 5.32 Å². The van der Waals surface area contributed by atoms with Crippen molar-refractivity contribution >= 4 is 41.7 Å². The summed E-state index contributed by atoms with van der Waals surface area (Å²) in [5, 5.41) is 3.75. The molecule has 1 N–H and O–H groups in total. The summed E-state index contributed by atoms with van der Waals surface area (Å²) in [5.41, 5.74) is 0.586. The molecule has 3 nitrogen and oxygen atoms in total. The largest absolute Gasteiger partial charge is 0.449 e. The van der Waals surface area contributed by atoms with E-state index in [0.717, 1.165) is 5.56 Å². The molecule has 1 aliphatic rings. The Bertz CT molecular complexity index is 463. The number of alkyl carbamates (subject to hydrolysis) is 1. The number of benzene rings is 1. The maximum atomic E-state index is 11.3. The van der Waals surface area contributed by atoms with Gasteiger partial charge in [0, 0.05) is 5.41 Å². The van der Waals surface area contributed by atoms with Gasteiger partial charge in [0.1, 0.15) is 6.61 Å². The Hall–Kier alpha value is -0.640. The van der Waals surface area contributed by atoms with Crippen LogP contribution in [0.25, 0.3) is 0 Å². The highest BCUT2D eigenvalue weighted by molar-refractivity contribution is 6.42. The zero-order chi connectivity index (χ0) is 12.6. The van der Waals surface area contributed by atoms with E-state index in [1.807, 2.05) is 26.0 Å². The fourth-order valence-corrected chi connectivity index (χ4v) is 2.35. The molecule has 1 aromatic carbocycles. The maximum absolute atomic E-state index is 11.3. The van der Waals surface area contributed by atoms with Gasteiger partial charge >= 0.3 is 6.09 Å². The number of rotatable bonds is 1. The molecule has 0 aliphatic carbocycles. The molecule has 18 heavy (non-hydrogen) atoms. The van der Waals surface area contributed by atoms with Gasteiger partial charge in [-0.25, -0.2) is 4.79 Å². The van der Waals surface area contributed by atoms with Crippen LogP contribution in [0.4, 0.5) is 4.79 Å². The van der Waals surface area contributed by atoms with Gasteiger partial charge in [-0.3, -0.25) is 0 Å². The zero-order valence-electron chi connectivity index (χ0n) is 10.00. The molecule has 1 heterocycles. The summed E-state index contributed by atoms with van der Waals surface area (Å²) in [5.74, 6) is 0. The van der Waals surface area contributed by atoms with Crippen LogP contribution in [0, 0.1) is 5.41 Å². The van der Waals surface area contributed by atoms with Crippen LogP contribution in [-0.2, 0) is 4.74 Å². The molecule has 0 aromatic heterocycles. The first kappa shape index (κ1) is 15.4. The molecule has 1 amide bonds. The van der Waals surface area contributed by atoms with Crippen molar-refractivity contribution in [2.45, 2.75) is 19.9 Å². The molecule has 100 valence electrons. The number of hydrogen-bond donors (Lipinski definition) is 1. The monoisotopic (exact) mass is 309 g/mol. The number of carbonyl (C=O) groups is 1. The number of ether oxygens (including phenoxy) is 1. The third kappa shape index (κ3) is 2.85. The van der Waals surface area contributed by atoms with Gasteiger partial charge in [-0.15, -0.1) is 12.4 Å². The van der Waals surface area contributed by atoms with E-state index in [0.29, 0.717) is 16.7 Å². The summed E-state index contributed by atoms with van der Waals surface area (Å²) < 4.78 is 4.99. The lowest BCUT2D eigenvalue weighted by molar-refractivity contribution is 0.0388. The first-order chi connectivity index (χ1) is 7.92. The van der Waals surface area contributed by atoms with Crippen LogP contribution in [-0.4, -0.2) is 12.7 Å². The molecular weight excluding hydrogens is 296 g/mol. The van der Waals surface area contributed by atoms with Gasteiger partial charge in [-0.2, -0.15) is 0 Å². The summed E-state index contributed by atoms with van der Waals surface area (Å²) in [6, 6.07) is 5.21. The Kier molecular flexibility index (Phi) is 4.76. The fraction of sp³-hybridized carbons (Fsp3) is 0.417. The third-order valence-corrected chi connectivity index (χ3v) is 3.74. The predicted molar refractivity (Wildman–Crippen MR) is 74.7 cm³/mol. The zero-order valence-corrected chi connectivity index (χ0v) is 12.3. The Morgan fingerprint density at radius 2 is 2.06 bits per heavy atom. The van der Waals surface area contributed by atoms with Crippen molar-refractivity contribution in [1.82, 2.24) is 5.32 Å². The SMILES string of the molecule is CC1(C)COC(=O)N[C@H]1c1cccc(Cl)c1Cl.Cl. The average molecular weight is 311 g/mol. The van der Waals surface area contributed by atoms with Crippen LogP contribution in [0.2, 0.25) is 10.0 Å². The molecule has 0 unspecified atom stereocenters. The van der Waals surface area contributed by atoms with Gasteiger partial charge < -0.3 is 10.1 Å². The van der Waals surface area contributed by atoms with Crippen molar-refractivity contribution in [3.8, 4) is 0 Å². The number of cyclic esters (lactones) is 1. The van der Waals surface area contributed by atoms with Gasteiger partial charge in [0.05, 0.1) is 16.1 Å². The van der Waals surface area contributed by atoms with Crippen molar-refractivity contribution < 1.29 is 9.53 Å². The molecule has 0 saturated carbocycles. The number of hydrogen-bond acceptors (Lipinski definition) is 2. The van der Waals surface area contributed by atoms with Gasteiger partial charge in [0.15, 0.2) is 0 Å². The second-order valence-electron chi connectivity index (χ2n) is 4.79. The van der Waals surface area contributed by atoms with Crippen molar-refractivity contribution in [2.24, 2.45) is 5.41 Å². The van der Waals surface area contributed by atoms with Crippen LogP contribution < -0.4 is 5.32 Å². The van der Waals surface area contributed by atoms with Crippen molar-refractivity contribution in [1.29, 1.82) is 0 Å². The number of halogens is 3. The molecule has 2 rings (SSSR count). The standard InChI is InChI=1S/C12H13Cl2NO2.ClH/c1-12(2)6-17-11(16)15-10(12)7-4-3-5-8(13)9(7)14;/h3-5,10H,6H2,1-2H3,(H,15,16);1H/t10-;/m0./s1. The number of carbonyl (C=O) groups excluding carboxylic acids is 1. The fourth-order valence-electron chi connectivity index (χ4n) is 1.93. The summed E-state index contributed by atoms with van der Waals surface area (Å²) in [7, 11) is 0. The molecular formula is C12H14Cl3NO2. The molecule has 0 radical (unpaired) electrons. The normalized spacial score (nSPS) is 21.6. The predicted octanol–water partition coefficient (Wildman–Crippen LogP) is 4.22. The number of nitrogens with one attached hydrogen (secondary N) is 1. The van der Waals surface area contributed by atoms with E-state index >= 15 is 0 Å². The highest BCUT2D eigenvalue weighted by atomic mass is 35.5. The van der Waals surface area contributed by atoms with E-state index in [9.17, 15) is 4.79 Å². The molecule has 0 spiro atoms. The van der Waals surface area contributed by atoms with E-state index in [1.165, 1.54) is 0 Å². The van der Waals surface area contributed by atoms with E-state index < -0.39 is 6.09 Å². The summed E-state index contributed by atoms with van der Waals surface area (Å²) in [6.07, 6.45) is -0.426. The van der Waals surface area contributed by atoms with Crippen LogP contribution in [0.3, 0.4) is 0 Å². The first-order valence-electron chi connectivity index (χ1n) is 5.29. The lowest BCUT2D eigenvalue weighted by Crippen LogP contribution is -2.47. The van der Waals surface area contributed by atoms with E-state index in [-0.39, 0.29) is 23.9 Å². The Morgan fingerprint density at radius 1 is 1.39 bits per heavy atom. The quantitative estimate of drug-likeness (QED) is 0.843. The second-order valence-corrected chi connectivity index (χ2v) is 5.57. The Balaban J connectivity index is 0.00000162. The summed E-state index contributed by atoms with van der Waals surface area (Å²) in [4.78, 5) is 11.3. The molecule has 1 fully saturated rings. The molecule has 1 saturated heterocycles. The molecule has 1 aliphatic heterocycles. The maximum Gasteiger partial charge on any atom is 0.407 e. The molecule has 1 atom stereocenters. The molecule has 0 bridgehead atoms.